The van der Waals surface area contributed by atoms with Gasteiger partial charge in [-0.25, -0.2) is 4.79 Å². The molecule has 2 N–H and O–H groups in total. The molecule has 0 atom stereocenters. The molecule has 1 aliphatic rings. The van der Waals surface area contributed by atoms with E-state index in [0.717, 1.165) is 17.3 Å². The third-order valence-electron chi connectivity index (χ3n) is 2.38. The molecule has 1 aromatic rings. The van der Waals surface area contributed by atoms with Crippen LogP contribution < -0.4 is 5.32 Å². The number of aromatic nitrogens is 2. The molecule has 0 aromatic carbocycles. The van der Waals surface area contributed by atoms with E-state index in [2.05, 4.69) is 26.3 Å². The lowest BCUT2D eigenvalue weighted by Crippen LogP contribution is -2.44. The molecule has 1 amide bonds. The Morgan fingerprint density at radius 1 is 1.71 bits per heavy atom. The fourth-order valence-electron chi connectivity index (χ4n) is 1.61. The molecule has 0 unspecified atom stereocenters. The summed E-state index contributed by atoms with van der Waals surface area (Å²) in [6.45, 7) is 0. The number of nitrogens with one attached hydrogen (secondary N) is 1. The van der Waals surface area contributed by atoms with Crippen LogP contribution in [0.25, 0.3) is 0 Å². The van der Waals surface area contributed by atoms with Crippen LogP contribution in [0.3, 0.4) is 0 Å². The predicted molar refractivity (Wildman–Crippen MR) is 53.1 cm³/mol. The Morgan fingerprint density at radius 2 is 2.43 bits per heavy atom. The number of hydrogen-bond donors (Lipinski definition) is 2. The van der Waals surface area contributed by atoms with Gasteiger partial charge >= 0.3 is 6.09 Å². The van der Waals surface area contributed by atoms with Crippen molar-refractivity contribution >= 4 is 22.0 Å². The Labute approximate surface area is 89.2 Å². The third kappa shape index (κ3) is 1.89. The Hall–Kier alpha value is -1.04. The summed E-state index contributed by atoms with van der Waals surface area (Å²) >= 11 is 3.32. The molecule has 1 saturated carbocycles. The van der Waals surface area contributed by atoms with Crippen molar-refractivity contribution in [1.82, 2.24) is 15.1 Å². The zero-order valence-corrected chi connectivity index (χ0v) is 8.94. The Kier molecular flexibility index (Phi) is 2.45. The van der Waals surface area contributed by atoms with Crippen molar-refractivity contribution < 1.29 is 9.90 Å². The van der Waals surface area contributed by atoms with Crippen LogP contribution in [0.2, 0.25) is 0 Å². The van der Waals surface area contributed by atoms with Crippen molar-refractivity contribution in [3.05, 3.63) is 16.9 Å². The molecule has 0 bridgehead atoms. The fourth-order valence-corrected chi connectivity index (χ4v) is 1.91. The molecule has 5 nitrogen and oxygen atoms in total. The normalized spacial score (nSPS) is 25.5. The number of carbonyl (C=O) groups is 1. The zero-order chi connectivity index (χ0) is 10.1. The number of hydrogen-bond acceptors (Lipinski definition) is 2. The molecule has 1 fully saturated rings. The van der Waals surface area contributed by atoms with Gasteiger partial charge < -0.3 is 10.4 Å². The molecular weight excluding hydrogens is 250 g/mol. The highest BCUT2D eigenvalue weighted by Gasteiger charge is 2.31. The van der Waals surface area contributed by atoms with E-state index in [1.54, 1.807) is 6.20 Å². The van der Waals surface area contributed by atoms with Gasteiger partial charge in [0, 0.05) is 12.2 Å². The fraction of sp³-hybridized carbons (Fsp3) is 0.500. The first-order valence-electron chi connectivity index (χ1n) is 4.34. The summed E-state index contributed by atoms with van der Waals surface area (Å²) in [6, 6.07) is 0.415. The van der Waals surface area contributed by atoms with Crippen LogP contribution in [0.4, 0.5) is 4.79 Å². The average Bonchev–Trinajstić information content (AvgIpc) is 2.42. The molecule has 0 radical (unpaired) electrons. The minimum atomic E-state index is -0.949. The van der Waals surface area contributed by atoms with Crippen molar-refractivity contribution in [2.24, 2.45) is 0 Å². The first-order valence-corrected chi connectivity index (χ1v) is 5.13. The first-order chi connectivity index (χ1) is 6.65. The second kappa shape index (κ2) is 3.61. The number of nitrogens with zero attached hydrogens (tertiary/aromatic N) is 2. The molecule has 0 spiro atoms. The minimum Gasteiger partial charge on any atom is -0.465 e. The highest BCUT2D eigenvalue weighted by Crippen LogP contribution is 2.32. The summed E-state index contributed by atoms with van der Waals surface area (Å²) in [5.74, 6) is 0. The molecule has 6 heteroatoms. The average molecular weight is 260 g/mol. The van der Waals surface area contributed by atoms with Gasteiger partial charge in [-0.15, -0.1) is 0 Å². The van der Waals surface area contributed by atoms with Gasteiger partial charge in [0.2, 0.25) is 0 Å². The highest BCUT2D eigenvalue weighted by molar-refractivity contribution is 9.10. The van der Waals surface area contributed by atoms with Crippen molar-refractivity contribution in [3.63, 3.8) is 0 Å². The first kappa shape index (κ1) is 9.51. The monoisotopic (exact) mass is 259 g/mol. The van der Waals surface area contributed by atoms with Crippen LogP contribution in [-0.4, -0.2) is 27.0 Å². The van der Waals surface area contributed by atoms with Crippen LogP contribution >= 0.6 is 15.9 Å². The van der Waals surface area contributed by atoms with Gasteiger partial charge in [-0.3, -0.25) is 4.68 Å². The third-order valence-corrected chi connectivity index (χ3v) is 2.79. The van der Waals surface area contributed by atoms with Gasteiger partial charge in [0.15, 0.2) is 0 Å². The van der Waals surface area contributed by atoms with Crippen LogP contribution in [0, 0.1) is 0 Å². The summed E-state index contributed by atoms with van der Waals surface area (Å²) in [6.07, 6.45) is 4.33. The summed E-state index contributed by atoms with van der Waals surface area (Å²) in [4.78, 5) is 10.3. The summed E-state index contributed by atoms with van der Waals surface area (Å²) in [5, 5.41) is 15.1. The van der Waals surface area contributed by atoms with Crippen LogP contribution in [0.1, 0.15) is 18.9 Å². The van der Waals surface area contributed by atoms with E-state index < -0.39 is 6.09 Å². The summed E-state index contributed by atoms with van der Waals surface area (Å²) < 4.78 is 2.82. The Balaban J connectivity index is 1.86. The van der Waals surface area contributed by atoms with E-state index in [1.165, 1.54) is 0 Å². The molecule has 1 heterocycles. The van der Waals surface area contributed by atoms with E-state index >= 15 is 0 Å². The van der Waals surface area contributed by atoms with Crippen LogP contribution in [0.5, 0.6) is 0 Å². The van der Waals surface area contributed by atoms with Gasteiger partial charge in [0.05, 0.1) is 16.7 Å². The lowest BCUT2D eigenvalue weighted by Gasteiger charge is -2.34. The van der Waals surface area contributed by atoms with Crippen molar-refractivity contribution in [1.29, 1.82) is 0 Å². The molecule has 76 valence electrons. The maximum atomic E-state index is 10.3. The number of halogens is 1. The second-order valence-corrected chi connectivity index (χ2v) is 4.33. The highest BCUT2D eigenvalue weighted by atomic mass is 79.9. The van der Waals surface area contributed by atoms with Crippen molar-refractivity contribution in [3.8, 4) is 0 Å². The second-order valence-electron chi connectivity index (χ2n) is 3.41. The molecule has 0 aliphatic heterocycles. The largest absolute Gasteiger partial charge is 0.465 e. The smallest absolute Gasteiger partial charge is 0.404 e. The predicted octanol–water partition coefficient (Wildman–Crippen LogP) is 1.62. The van der Waals surface area contributed by atoms with Gasteiger partial charge in [-0.05, 0) is 28.8 Å². The SMILES string of the molecule is O=C(O)NC1CC(n2cc(Br)cn2)C1. The summed E-state index contributed by atoms with van der Waals surface area (Å²) in [5.41, 5.74) is 0. The lowest BCUT2D eigenvalue weighted by atomic mass is 9.87. The Bertz CT molecular complexity index is 346. The number of amides is 1. The lowest BCUT2D eigenvalue weighted by molar-refractivity contribution is 0.163. The van der Waals surface area contributed by atoms with Gasteiger partial charge in [-0.2, -0.15) is 5.10 Å². The minimum absolute atomic E-state index is 0.0838. The molecular formula is C8H10BrN3O2. The topological polar surface area (TPSA) is 67.2 Å². The zero-order valence-electron chi connectivity index (χ0n) is 7.35. The van der Waals surface area contributed by atoms with E-state index in [4.69, 9.17) is 5.11 Å². The molecule has 1 aromatic heterocycles. The molecule has 14 heavy (non-hydrogen) atoms. The van der Waals surface area contributed by atoms with Crippen LogP contribution in [-0.2, 0) is 0 Å². The molecule has 1 aliphatic carbocycles. The van der Waals surface area contributed by atoms with Crippen molar-refractivity contribution in [2.45, 2.75) is 24.9 Å². The van der Waals surface area contributed by atoms with Crippen LogP contribution in [0.15, 0.2) is 16.9 Å². The van der Waals surface area contributed by atoms with E-state index in [0.29, 0.717) is 6.04 Å². The standard InChI is InChI=1S/C8H10BrN3O2/c9-5-3-10-12(4-5)7-1-6(2-7)11-8(13)14/h3-4,6-7,11H,1-2H2,(H,13,14). The molecule has 0 saturated heterocycles. The van der Waals surface area contributed by atoms with E-state index in [-0.39, 0.29) is 6.04 Å². The van der Waals surface area contributed by atoms with Crippen molar-refractivity contribution in [2.75, 3.05) is 0 Å². The maximum absolute atomic E-state index is 10.3. The van der Waals surface area contributed by atoms with Gasteiger partial charge in [0.25, 0.3) is 0 Å². The maximum Gasteiger partial charge on any atom is 0.404 e. The van der Waals surface area contributed by atoms with E-state index in [9.17, 15) is 4.79 Å². The van der Waals surface area contributed by atoms with E-state index in [1.807, 2.05) is 10.9 Å². The van der Waals surface area contributed by atoms with Gasteiger partial charge in [-0.1, -0.05) is 0 Å². The number of rotatable bonds is 2. The van der Waals surface area contributed by atoms with Gasteiger partial charge in [0.1, 0.15) is 0 Å². The Morgan fingerprint density at radius 3 is 2.93 bits per heavy atom. The molecule has 2 rings (SSSR count). The quantitative estimate of drug-likeness (QED) is 0.848. The summed E-state index contributed by atoms with van der Waals surface area (Å²) in [7, 11) is 0. The number of carboxylic acid groups (broad SMARTS) is 1.